The summed E-state index contributed by atoms with van der Waals surface area (Å²) in [5.41, 5.74) is 1.66. The predicted octanol–water partition coefficient (Wildman–Crippen LogP) is 4.13. The number of benzene rings is 2. The first kappa shape index (κ1) is 17.1. The van der Waals surface area contributed by atoms with Gasteiger partial charge in [0.15, 0.2) is 17.2 Å². The van der Waals surface area contributed by atoms with Crippen LogP contribution in [0.2, 0.25) is 0 Å². The standard InChI is InChI=1S/C18H16N4O4S/c1-24-11-4-2-3-10(7-11)19-18(27)22-21-16-12-8-14-15(26-6-5-25-14)9-13(12)20-17(16)23/h2-4,7-9,20,23H,5-6H2,1H3,(H,19,27). The van der Waals surface area contributed by atoms with Gasteiger partial charge in [0.05, 0.1) is 12.6 Å². The maximum Gasteiger partial charge on any atom is 0.218 e. The van der Waals surface area contributed by atoms with Crippen LogP contribution in [0.5, 0.6) is 23.1 Å². The van der Waals surface area contributed by atoms with E-state index in [1.807, 2.05) is 18.2 Å². The van der Waals surface area contributed by atoms with E-state index in [1.54, 1.807) is 25.3 Å². The van der Waals surface area contributed by atoms with Gasteiger partial charge in [-0.2, -0.15) is 0 Å². The SMILES string of the molecule is COc1cccc(NC(=S)N=Nc2c(O)[nH]c3cc4c(cc23)OCCO4)c1. The molecule has 2 heterocycles. The third-order valence-corrected chi connectivity index (χ3v) is 4.16. The number of ether oxygens (including phenoxy) is 3. The van der Waals surface area contributed by atoms with Crippen molar-refractivity contribution in [3.8, 4) is 23.1 Å². The molecule has 0 saturated carbocycles. The minimum atomic E-state index is -0.111. The Kier molecular flexibility index (Phi) is 4.51. The summed E-state index contributed by atoms with van der Waals surface area (Å²) >= 11 is 5.20. The zero-order valence-electron chi connectivity index (χ0n) is 14.4. The summed E-state index contributed by atoms with van der Waals surface area (Å²) in [6, 6.07) is 10.8. The van der Waals surface area contributed by atoms with Crippen LogP contribution in [-0.4, -0.2) is 35.5 Å². The summed E-state index contributed by atoms with van der Waals surface area (Å²) in [7, 11) is 1.59. The number of fused-ring (bicyclic) bond motifs is 2. The largest absolute Gasteiger partial charge is 0.497 e. The normalized spacial score (nSPS) is 13.1. The summed E-state index contributed by atoms with van der Waals surface area (Å²) in [5.74, 6) is 1.80. The van der Waals surface area contributed by atoms with Crippen LogP contribution in [0.3, 0.4) is 0 Å². The minimum absolute atomic E-state index is 0.111. The number of thiocarbonyl (C=S) groups is 1. The molecule has 1 aromatic heterocycles. The molecule has 8 nitrogen and oxygen atoms in total. The lowest BCUT2D eigenvalue weighted by Crippen LogP contribution is -2.15. The Morgan fingerprint density at radius 3 is 2.78 bits per heavy atom. The molecule has 0 spiro atoms. The average Bonchev–Trinajstić information content (AvgIpc) is 2.98. The fourth-order valence-electron chi connectivity index (χ4n) is 2.75. The van der Waals surface area contributed by atoms with Gasteiger partial charge >= 0.3 is 0 Å². The number of anilines is 1. The van der Waals surface area contributed by atoms with Gasteiger partial charge in [0, 0.05) is 23.2 Å². The Labute approximate surface area is 159 Å². The third kappa shape index (κ3) is 3.49. The van der Waals surface area contributed by atoms with E-state index >= 15 is 0 Å². The third-order valence-electron chi connectivity index (χ3n) is 3.98. The van der Waals surface area contributed by atoms with Crippen molar-refractivity contribution in [1.29, 1.82) is 0 Å². The zero-order chi connectivity index (χ0) is 18.8. The predicted molar refractivity (Wildman–Crippen MR) is 105 cm³/mol. The number of hydrogen-bond donors (Lipinski definition) is 3. The van der Waals surface area contributed by atoms with Gasteiger partial charge in [-0.15, -0.1) is 10.2 Å². The summed E-state index contributed by atoms with van der Waals surface area (Å²) < 4.78 is 16.3. The highest BCUT2D eigenvalue weighted by Crippen LogP contribution is 2.42. The summed E-state index contributed by atoms with van der Waals surface area (Å²) in [6.45, 7) is 0.961. The molecule has 4 rings (SSSR count). The number of aromatic nitrogens is 1. The van der Waals surface area contributed by atoms with Crippen LogP contribution in [0, 0.1) is 0 Å². The molecule has 0 aliphatic carbocycles. The topological polar surface area (TPSA) is 100 Å². The van der Waals surface area contributed by atoms with Gasteiger partial charge in [0.25, 0.3) is 0 Å². The maximum absolute atomic E-state index is 10.2. The number of azo groups is 1. The van der Waals surface area contributed by atoms with E-state index in [2.05, 4.69) is 20.5 Å². The van der Waals surface area contributed by atoms with Gasteiger partial charge in [-0.25, -0.2) is 0 Å². The lowest BCUT2D eigenvalue weighted by molar-refractivity contribution is 0.172. The molecule has 138 valence electrons. The molecule has 1 aliphatic rings. The van der Waals surface area contributed by atoms with Crippen LogP contribution in [0.25, 0.3) is 10.9 Å². The molecule has 9 heteroatoms. The lowest BCUT2D eigenvalue weighted by atomic mass is 10.2. The van der Waals surface area contributed by atoms with Crippen molar-refractivity contribution < 1.29 is 19.3 Å². The maximum atomic E-state index is 10.2. The first-order valence-corrected chi connectivity index (χ1v) is 8.56. The molecule has 0 radical (unpaired) electrons. The number of H-pyrrole nitrogens is 1. The molecule has 0 atom stereocenters. The lowest BCUT2D eigenvalue weighted by Gasteiger charge is -2.18. The fourth-order valence-corrected chi connectivity index (χ4v) is 2.91. The molecule has 0 fully saturated rings. The van der Waals surface area contributed by atoms with E-state index in [0.29, 0.717) is 41.4 Å². The molecule has 27 heavy (non-hydrogen) atoms. The number of nitrogens with one attached hydrogen (secondary N) is 2. The van der Waals surface area contributed by atoms with Crippen molar-refractivity contribution in [3.63, 3.8) is 0 Å². The quantitative estimate of drug-likeness (QED) is 0.464. The van der Waals surface area contributed by atoms with Gasteiger partial charge in [-0.05, 0) is 30.4 Å². The number of aromatic amines is 1. The molecule has 2 aromatic carbocycles. The molecule has 3 aromatic rings. The molecule has 0 saturated heterocycles. The average molecular weight is 384 g/mol. The Balaban J connectivity index is 1.58. The molecule has 1 aliphatic heterocycles. The monoisotopic (exact) mass is 384 g/mol. The van der Waals surface area contributed by atoms with Crippen molar-refractivity contribution in [2.45, 2.75) is 0 Å². The summed E-state index contributed by atoms with van der Waals surface area (Å²) in [5, 5.41) is 22.0. The van der Waals surface area contributed by atoms with Crippen LogP contribution >= 0.6 is 12.2 Å². The first-order valence-electron chi connectivity index (χ1n) is 8.15. The van der Waals surface area contributed by atoms with Crippen molar-refractivity contribution >= 4 is 39.6 Å². The van der Waals surface area contributed by atoms with Crippen molar-refractivity contribution in [1.82, 2.24) is 4.98 Å². The second kappa shape index (κ2) is 7.12. The van der Waals surface area contributed by atoms with Crippen molar-refractivity contribution in [3.05, 3.63) is 36.4 Å². The van der Waals surface area contributed by atoms with Crippen molar-refractivity contribution in [2.24, 2.45) is 10.2 Å². The molecular formula is C18H16N4O4S. The second-order valence-electron chi connectivity index (χ2n) is 5.73. The Bertz CT molecular complexity index is 1050. The molecule has 0 bridgehead atoms. The number of aromatic hydroxyl groups is 1. The zero-order valence-corrected chi connectivity index (χ0v) is 15.2. The van der Waals surface area contributed by atoms with Crippen LogP contribution in [0.15, 0.2) is 46.6 Å². The highest BCUT2D eigenvalue weighted by atomic mass is 32.1. The fraction of sp³-hybridized carbons (Fsp3) is 0.167. The number of hydrogen-bond acceptors (Lipinski definition) is 6. The van der Waals surface area contributed by atoms with E-state index in [-0.39, 0.29) is 16.7 Å². The van der Waals surface area contributed by atoms with Gasteiger partial charge in [-0.3, -0.25) is 0 Å². The highest BCUT2D eigenvalue weighted by molar-refractivity contribution is 7.80. The number of rotatable bonds is 3. The number of nitrogens with zero attached hydrogens (tertiary/aromatic N) is 2. The number of methoxy groups -OCH3 is 1. The molecule has 3 N–H and O–H groups in total. The summed E-state index contributed by atoms with van der Waals surface area (Å²) in [4.78, 5) is 2.85. The molecular weight excluding hydrogens is 368 g/mol. The Morgan fingerprint density at radius 1 is 1.22 bits per heavy atom. The van der Waals surface area contributed by atoms with Crippen LogP contribution in [0.4, 0.5) is 11.4 Å². The minimum Gasteiger partial charge on any atom is -0.497 e. The van der Waals surface area contributed by atoms with E-state index in [4.69, 9.17) is 26.4 Å². The van der Waals surface area contributed by atoms with Crippen molar-refractivity contribution in [2.75, 3.05) is 25.6 Å². The first-order chi connectivity index (χ1) is 13.1. The van der Waals surface area contributed by atoms with Crippen LogP contribution in [0.1, 0.15) is 0 Å². The van der Waals surface area contributed by atoms with Crippen LogP contribution < -0.4 is 19.5 Å². The Hall–Kier alpha value is -3.33. The second-order valence-corrected chi connectivity index (χ2v) is 6.11. The van der Waals surface area contributed by atoms with Gasteiger partial charge in [-0.1, -0.05) is 6.07 Å². The smallest absolute Gasteiger partial charge is 0.218 e. The molecule has 0 amide bonds. The van der Waals surface area contributed by atoms with Gasteiger partial charge in [0.2, 0.25) is 11.0 Å². The highest BCUT2D eigenvalue weighted by Gasteiger charge is 2.18. The van der Waals surface area contributed by atoms with E-state index in [1.165, 1.54) is 0 Å². The van der Waals surface area contributed by atoms with Crippen LogP contribution in [-0.2, 0) is 0 Å². The molecule has 0 unspecified atom stereocenters. The van der Waals surface area contributed by atoms with E-state index < -0.39 is 0 Å². The van der Waals surface area contributed by atoms with Gasteiger partial charge < -0.3 is 29.6 Å². The Morgan fingerprint density at radius 2 is 2.00 bits per heavy atom. The van der Waals surface area contributed by atoms with Gasteiger partial charge in [0.1, 0.15) is 19.0 Å². The van der Waals surface area contributed by atoms with E-state index in [0.717, 1.165) is 5.69 Å². The van der Waals surface area contributed by atoms with E-state index in [9.17, 15) is 5.11 Å². The summed E-state index contributed by atoms with van der Waals surface area (Å²) in [6.07, 6.45) is 0.